The van der Waals surface area contributed by atoms with Crippen molar-refractivity contribution in [3.8, 4) is 5.75 Å². The highest BCUT2D eigenvalue weighted by atomic mass is 127. The van der Waals surface area contributed by atoms with E-state index in [0.29, 0.717) is 12.0 Å². The van der Waals surface area contributed by atoms with Gasteiger partial charge in [-0.05, 0) is 59.7 Å². The second kappa shape index (κ2) is 9.19. The number of halogens is 1. The minimum absolute atomic E-state index is 0.209. The number of aliphatic hydroxyl groups excluding tert-OH is 1. The Balaban J connectivity index is 1.68. The van der Waals surface area contributed by atoms with E-state index >= 15 is 0 Å². The van der Waals surface area contributed by atoms with E-state index in [2.05, 4.69) is 32.9 Å². The van der Waals surface area contributed by atoms with Gasteiger partial charge in [0, 0.05) is 9.61 Å². The first-order valence-corrected chi connectivity index (χ1v) is 8.84. The van der Waals surface area contributed by atoms with Crippen LogP contribution in [0.4, 0.5) is 0 Å². The second-order valence-electron chi connectivity index (χ2n) is 5.62. The fourth-order valence-electron chi connectivity index (χ4n) is 2.48. The summed E-state index contributed by atoms with van der Waals surface area (Å²) in [7, 11) is 0. The normalized spacial score (nSPS) is 18.0. The minimum Gasteiger partial charge on any atom is -0.491 e. The predicted octanol–water partition coefficient (Wildman–Crippen LogP) is 2.27. The van der Waals surface area contributed by atoms with Crippen molar-refractivity contribution in [3.63, 3.8) is 0 Å². The molecule has 1 unspecified atom stereocenters. The monoisotopic (exact) mass is 417 g/mol. The van der Waals surface area contributed by atoms with Gasteiger partial charge >= 0.3 is 0 Å². The highest BCUT2D eigenvalue weighted by Gasteiger charge is 2.13. The van der Waals surface area contributed by atoms with Crippen molar-refractivity contribution in [2.24, 2.45) is 10.7 Å². The van der Waals surface area contributed by atoms with E-state index in [1.54, 1.807) is 0 Å². The molecule has 0 amide bonds. The molecule has 1 saturated carbocycles. The largest absolute Gasteiger partial charge is 0.491 e. The van der Waals surface area contributed by atoms with Gasteiger partial charge in [-0.1, -0.05) is 19.3 Å². The van der Waals surface area contributed by atoms with Crippen molar-refractivity contribution in [1.82, 2.24) is 5.32 Å². The van der Waals surface area contributed by atoms with Crippen molar-refractivity contribution in [2.45, 2.75) is 44.2 Å². The van der Waals surface area contributed by atoms with Gasteiger partial charge in [0.1, 0.15) is 18.5 Å². The Morgan fingerprint density at radius 3 is 2.68 bits per heavy atom. The number of guanidine groups is 1. The van der Waals surface area contributed by atoms with Gasteiger partial charge < -0.3 is 20.9 Å². The first-order valence-electron chi connectivity index (χ1n) is 7.76. The number of nitrogens with one attached hydrogen (secondary N) is 1. The maximum Gasteiger partial charge on any atom is 0.188 e. The summed E-state index contributed by atoms with van der Waals surface area (Å²) in [5.74, 6) is 1.16. The van der Waals surface area contributed by atoms with Gasteiger partial charge in [-0.2, -0.15) is 0 Å². The maximum atomic E-state index is 9.90. The average molecular weight is 417 g/mol. The number of aliphatic imine (C=N–C) groups is 1. The molecular weight excluding hydrogens is 393 g/mol. The molecule has 0 bridgehead atoms. The van der Waals surface area contributed by atoms with E-state index in [1.807, 2.05) is 24.3 Å². The molecule has 122 valence electrons. The Bertz CT molecular complexity index is 473. The van der Waals surface area contributed by atoms with Crippen molar-refractivity contribution in [2.75, 3.05) is 13.2 Å². The average Bonchev–Trinajstić information content (AvgIpc) is 2.53. The Kier molecular flexibility index (Phi) is 7.24. The topological polar surface area (TPSA) is 79.9 Å². The van der Waals surface area contributed by atoms with Crippen molar-refractivity contribution in [3.05, 3.63) is 27.8 Å². The summed E-state index contributed by atoms with van der Waals surface area (Å²) >= 11 is 2.24. The molecular formula is C16H24IN3O2. The van der Waals surface area contributed by atoms with E-state index in [4.69, 9.17) is 10.5 Å². The first kappa shape index (κ1) is 17.3. The summed E-state index contributed by atoms with van der Waals surface area (Å²) < 4.78 is 6.67. The Hall–Kier alpha value is -1.02. The van der Waals surface area contributed by atoms with Crippen LogP contribution in [0.5, 0.6) is 5.75 Å². The van der Waals surface area contributed by atoms with Crippen LogP contribution in [0.25, 0.3) is 0 Å². The molecule has 1 aliphatic rings. The van der Waals surface area contributed by atoms with Gasteiger partial charge in [-0.3, -0.25) is 4.99 Å². The zero-order chi connectivity index (χ0) is 15.8. The van der Waals surface area contributed by atoms with Crippen molar-refractivity contribution < 1.29 is 9.84 Å². The standard InChI is InChI=1S/C16H24IN3O2/c17-12-6-8-15(9-7-12)22-11-14(21)10-19-16(18)20-13-4-2-1-3-5-13/h6-9,13-14,21H,1-5,10-11H2,(H3,18,19,20). The van der Waals surface area contributed by atoms with Crippen molar-refractivity contribution >= 4 is 28.6 Å². The van der Waals surface area contributed by atoms with Gasteiger partial charge in [0.25, 0.3) is 0 Å². The lowest BCUT2D eigenvalue weighted by atomic mass is 9.96. The van der Waals surface area contributed by atoms with Crippen LogP contribution in [-0.4, -0.2) is 36.4 Å². The van der Waals surface area contributed by atoms with Crippen LogP contribution < -0.4 is 15.8 Å². The lowest BCUT2D eigenvalue weighted by Gasteiger charge is -2.23. The van der Waals surface area contributed by atoms with Crippen LogP contribution in [0.2, 0.25) is 0 Å². The highest BCUT2D eigenvalue weighted by molar-refractivity contribution is 14.1. The van der Waals surface area contributed by atoms with Gasteiger partial charge in [-0.15, -0.1) is 0 Å². The third-order valence-corrected chi connectivity index (χ3v) is 4.40. The number of hydrogen-bond donors (Lipinski definition) is 3. The zero-order valence-electron chi connectivity index (χ0n) is 12.7. The number of nitrogens with zero attached hydrogens (tertiary/aromatic N) is 1. The van der Waals surface area contributed by atoms with Crippen LogP contribution in [0, 0.1) is 3.57 Å². The molecule has 1 atom stereocenters. The summed E-state index contributed by atoms with van der Waals surface area (Å²) in [4.78, 5) is 4.20. The molecule has 2 rings (SSSR count). The van der Waals surface area contributed by atoms with Gasteiger partial charge in [0.05, 0.1) is 6.54 Å². The van der Waals surface area contributed by atoms with E-state index < -0.39 is 6.10 Å². The van der Waals surface area contributed by atoms with E-state index in [0.717, 1.165) is 22.2 Å². The SMILES string of the molecule is NC(=NCC(O)COc1ccc(I)cc1)NC1CCCCC1. The lowest BCUT2D eigenvalue weighted by molar-refractivity contribution is 0.114. The maximum absolute atomic E-state index is 9.90. The fourth-order valence-corrected chi connectivity index (χ4v) is 2.84. The third kappa shape index (κ3) is 6.39. The zero-order valence-corrected chi connectivity index (χ0v) is 14.8. The minimum atomic E-state index is -0.661. The summed E-state index contributed by atoms with van der Waals surface area (Å²) in [6.45, 7) is 0.455. The van der Waals surface area contributed by atoms with Gasteiger partial charge in [-0.25, -0.2) is 0 Å². The summed E-state index contributed by atoms with van der Waals surface area (Å²) in [5, 5.41) is 13.1. The molecule has 1 aromatic rings. The summed E-state index contributed by atoms with van der Waals surface area (Å²) in [5.41, 5.74) is 5.86. The smallest absolute Gasteiger partial charge is 0.188 e. The molecule has 1 aliphatic carbocycles. The van der Waals surface area contributed by atoms with Crippen LogP contribution in [0.3, 0.4) is 0 Å². The molecule has 22 heavy (non-hydrogen) atoms. The quantitative estimate of drug-likeness (QED) is 0.377. The number of benzene rings is 1. The third-order valence-electron chi connectivity index (χ3n) is 3.69. The summed E-state index contributed by atoms with van der Waals surface area (Å²) in [6.07, 6.45) is 5.44. The number of hydrogen-bond acceptors (Lipinski definition) is 3. The molecule has 0 saturated heterocycles. The molecule has 0 radical (unpaired) electrons. The first-order chi connectivity index (χ1) is 10.6. The number of aliphatic hydroxyl groups is 1. The van der Waals surface area contributed by atoms with E-state index in [-0.39, 0.29) is 13.2 Å². The Labute approximate surface area is 145 Å². The molecule has 5 nitrogen and oxygen atoms in total. The van der Waals surface area contributed by atoms with Crippen LogP contribution in [-0.2, 0) is 0 Å². The van der Waals surface area contributed by atoms with Gasteiger partial charge in [0.15, 0.2) is 5.96 Å². The number of rotatable bonds is 6. The number of ether oxygens (including phenoxy) is 1. The molecule has 4 N–H and O–H groups in total. The molecule has 1 aromatic carbocycles. The molecule has 1 fully saturated rings. The predicted molar refractivity (Wildman–Crippen MR) is 97.2 cm³/mol. The Morgan fingerprint density at radius 2 is 2.00 bits per heavy atom. The number of nitrogens with two attached hydrogens (primary N) is 1. The van der Waals surface area contributed by atoms with Crippen molar-refractivity contribution in [1.29, 1.82) is 0 Å². The fraction of sp³-hybridized carbons (Fsp3) is 0.562. The van der Waals surface area contributed by atoms with Crippen LogP contribution in [0.1, 0.15) is 32.1 Å². The highest BCUT2D eigenvalue weighted by Crippen LogP contribution is 2.17. The lowest BCUT2D eigenvalue weighted by Crippen LogP contribution is -2.41. The molecule has 0 heterocycles. The molecule has 0 spiro atoms. The van der Waals surface area contributed by atoms with E-state index in [1.165, 1.54) is 19.3 Å². The van der Waals surface area contributed by atoms with Crippen LogP contribution >= 0.6 is 22.6 Å². The molecule has 6 heteroatoms. The molecule has 0 aliphatic heterocycles. The van der Waals surface area contributed by atoms with Crippen LogP contribution in [0.15, 0.2) is 29.3 Å². The second-order valence-corrected chi connectivity index (χ2v) is 6.87. The summed E-state index contributed by atoms with van der Waals surface area (Å²) in [6, 6.07) is 8.13. The molecule has 0 aromatic heterocycles. The Morgan fingerprint density at radius 1 is 1.32 bits per heavy atom. The van der Waals surface area contributed by atoms with E-state index in [9.17, 15) is 5.11 Å². The van der Waals surface area contributed by atoms with Gasteiger partial charge in [0.2, 0.25) is 0 Å².